The summed E-state index contributed by atoms with van der Waals surface area (Å²) in [5.41, 5.74) is 0.962. The van der Waals surface area contributed by atoms with Crippen LogP contribution in [0.25, 0.3) is 0 Å². The van der Waals surface area contributed by atoms with Gasteiger partial charge in [0.25, 0.3) is 11.6 Å². The SMILES string of the molecule is Cc1cc(C(=O)NC[C@H]2CC[C@@H](Nc3nccc(N(C)C)n3)CC2)ccc1[N+](=O)[O-]. The molecule has 1 aromatic heterocycles. The van der Waals surface area contributed by atoms with Crippen LogP contribution in [-0.2, 0) is 0 Å². The summed E-state index contributed by atoms with van der Waals surface area (Å²) in [7, 11) is 3.90. The molecule has 1 amide bonds. The van der Waals surface area contributed by atoms with Gasteiger partial charge >= 0.3 is 0 Å². The zero-order chi connectivity index (χ0) is 21.7. The smallest absolute Gasteiger partial charge is 0.272 e. The molecular weight excluding hydrogens is 384 g/mol. The number of anilines is 2. The summed E-state index contributed by atoms with van der Waals surface area (Å²) in [6, 6.07) is 6.65. The van der Waals surface area contributed by atoms with Crippen LogP contribution in [0.15, 0.2) is 30.5 Å². The normalized spacial score (nSPS) is 18.5. The molecular formula is C21H28N6O3. The first-order valence-electron chi connectivity index (χ1n) is 10.1. The Morgan fingerprint density at radius 1 is 1.23 bits per heavy atom. The summed E-state index contributed by atoms with van der Waals surface area (Å²) in [5.74, 6) is 1.74. The van der Waals surface area contributed by atoms with Crippen LogP contribution in [0.2, 0.25) is 0 Å². The lowest BCUT2D eigenvalue weighted by atomic mass is 9.86. The lowest BCUT2D eigenvalue weighted by molar-refractivity contribution is -0.385. The number of nitrogens with zero attached hydrogens (tertiary/aromatic N) is 4. The highest BCUT2D eigenvalue weighted by atomic mass is 16.6. The highest BCUT2D eigenvalue weighted by Gasteiger charge is 2.22. The molecule has 0 saturated heterocycles. The molecule has 1 saturated carbocycles. The zero-order valence-corrected chi connectivity index (χ0v) is 17.6. The highest BCUT2D eigenvalue weighted by molar-refractivity contribution is 5.94. The van der Waals surface area contributed by atoms with Gasteiger partial charge in [0.05, 0.1) is 4.92 Å². The quantitative estimate of drug-likeness (QED) is 0.530. The van der Waals surface area contributed by atoms with Crippen molar-refractivity contribution in [3.63, 3.8) is 0 Å². The van der Waals surface area contributed by atoms with Gasteiger partial charge in [-0.05, 0) is 56.7 Å². The van der Waals surface area contributed by atoms with Gasteiger partial charge in [-0.2, -0.15) is 4.98 Å². The number of aromatic nitrogens is 2. The minimum atomic E-state index is -0.439. The number of rotatable bonds is 7. The fourth-order valence-corrected chi connectivity index (χ4v) is 3.70. The first-order valence-corrected chi connectivity index (χ1v) is 10.1. The number of aryl methyl sites for hydroxylation is 1. The van der Waals surface area contributed by atoms with Crippen LogP contribution in [0.5, 0.6) is 0 Å². The minimum Gasteiger partial charge on any atom is -0.363 e. The summed E-state index contributed by atoms with van der Waals surface area (Å²) >= 11 is 0. The number of hydrogen-bond acceptors (Lipinski definition) is 7. The Balaban J connectivity index is 1.46. The van der Waals surface area contributed by atoms with E-state index >= 15 is 0 Å². The third-order valence-electron chi connectivity index (χ3n) is 5.49. The number of benzene rings is 1. The van der Waals surface area contributed by atoms with Crippen LogP contribution in [0.1, 0.15) is 41.6 Å². The van der Waals surface area contributed by atoms with E-state index in [9.17, 15) is 14.9 Å². The van der Waals surface area contributed by atoms with E-state index in [1.165, 1.54) is 12.1 Å². The van der Waals surface area contributed by atoms with E-state index in [0.717, 1.165) is 31.5 Å². The molecule has 0 bridgehead atoms. The number of nitrogens with one attached hydrogen (secondary N) is 2. The Morgan fingerprint density at radius 2 is 1.97 bits per heavy atom. The fraction of sp³-hybridized carbons (Fsp3) is 0.476. The number of nitro benzene ring substituents is 1. The molecule has 30 heavy (non-hydrogen) atoms. The van der Waals surface area contributed by atoms with Gasteiger partial charge in [-0.1, -0.05) is 0 Å². The zero-order valence-electron chi connectivity index (χ0n) is 17.6. The van der Waals surface area contributed by atoms with Gasteiger partial charge in [0.15, 0.2) is 0 Å². The van der Waals surface area contributed by atoms with Gasteiger partial charge in [0.2, 0.25) is 5.95 Å². The van der Waals surface area contributed by atoms with E-state index in [1.807, 2.05) is 25.1 Å². The maximum atomic E-state index is 12.4. The molecule has 1 aliphatic carbocycles. The Hall–Kier alpha value is -3.23. The summed E-state index contributed by atoms with van der Waals surface area (Å²) in [5, 5.41) is 17.3. The Labute approximate surface area is 176 Å². The number of nitro groups is 1. The monoisotopic (exact) mass is 412 g/mol. The molecule has 0 unspecified atom stereocenters. The summed E-state index contributed by atoms with van der Waals surface area (Å²) in [6.07, 6.45) is 5.75. The van der Waals surface area contributed by atoms with E-state index in [0.29, 0.717) is 35.6 Å². The van der Waals surface area contributed by atoms with Crippen molar-refractivity contribution in [3.05, 3.63) is 51.7 Å². The molecule has 1 fully saturated rings. The molecule has 2 N–H and O–H groups in total. The number of carbonyl (C=O) groups excluding carboxylic acids is 1. The van der Waals surface area contributed by atoms with Gasteiger partial charge in [-0.25, -0.2) is 4.98 Å². The summed E-state index contributed by atoms with van der Waals surface area (Å²) < 4.78 is 0. The van der Waals surface area contributed by atoms with E-state index in [1.54, 1.807) is 19.2 Å². The average molecular weight is 412 g/mol. The predicted octanol–water partition coefficient (Wildman–Crippen LogP) is 3.16. The van der Waals surface area contributed by atoms with E-state index in [-0.39, 0.29) is 11.6 Å². The van der Waals surface area contributed by atoms with Crippen LogP contribution in [0.4, 0.5) is 17.5 Å². The predicted molar refractivity (Wildman–Crippen MR) is 116 cm³/mol. The van der Waals surface area contributed by atoms with Crippen LogP contribution < -0.4 is 15.5 Å². The molecule has 0 atom stereocenters. The van der Waals surface area contributed by atoms with Gasteiger partial charge < -0.3 is 15.5 Å². The lowest BCUT2D eigenvalue weighted by Gasteiger charge is -2.29. The molecule has 160 valence electrons. The second-order valence-electron chi connectivity index (χ2n) is 7.96. The van der Waals surface area contributed by atoms with Crippen molar-refractivity contribution in [3.8, 4) is 0 Å². The summed E-state index contributed by atoms with van der Waals surface area (Å²) in [6.45, 7) is 2.25. The maximum Gasteiger partial charge on any atom is 0.272 e. The van der Waals surface area contributed by atoms with Gasteiger partial charge in [-0.3, -0.25) is 14.9 Å². The van der Waals surface area contributed by atoms with Crippen molar-refractivity contribution in [1.29, 1.82) is 0 Å². The molecule has 2 aromatic rings. The molecule has 0 aliphatic heterocycles. The van der Waals surface area contributed by atoms with Gasteiger partial charge in [-0.15, -0.1) is 0 Å². The molecule has 0 spiro atoms. The van der Waals surface area contributed by atoms with Crippen LogP contribution in [-0.4, -0.2) is 47.5 Å². The molecule has 9 nitrogen and oxygen atoms in total. The van der Waals surface area contributed by atoms with E-state index in [2.05, 4.69) is 20.6 Å². The molecule has 1 heterocycles. The van der Waals surface area contributed by atoms with Crippen LogP contribution in [0.3, 0.4) is 0 Å². The van der Waals surface area contributed by atoms with Crippen LogP contribution >= 0.6 is 0 Å². The molecule has 3 rings (SSSR count). The topological polar surface area (TPSA) is 113 Å². The van der Waals surface area contributed by atoms with Crippen molar-refractivity contribution in [2.45, 2.75) is 38.6 Å². The average Bonchev–Trinajstić information content (AvgIpc) is 2.73. The Kier molecular flexibility index (Phi) is 6.81. The van der Waals surface area contributed by atoms with Crippen molar-refractivity contribution < 1.29 is 9.72 Å². The molecule has 0 radical (unpaired) electrons. The first-order chi connectivity index (χ1) is 14.3. The molecule has 1 aliphatic rings. The number of carbonyl (C=O) groups is 1. The van der Waals surface area contributed by atoms with Crippen molar-refractivity contribution in [2.75, 3.05) is 30.9 Å². The summed E-state index contributed by atoms with van der Waals surface area (Å²) in [4.78, 5) is 33.6. The van der Waals surface area contributed by atoms with E-state index in [4.69, 9.17) is 0 Å². The van der Waals surface area contributed by atoms with Gasteiger partial charge in [0.1, 0.15) is 5.82 Å². The number of hydrogen-bond donors (Lipinski definition) is 2. The van der Waals surface area contributed by atoms with Crippen molar-refractivity contribution in [1.82, 2.24) is 15.3 Å². The number of amides is 1. The Morgan fingerprint density at radius 3 is 2.60 bits per heavy atom. The van der Waals surface area contributed by atoms with E-state index < -0.39 is 4.92 Å². The third-order valence-corrected chi connectivity index (χ3v) is 5.49. The van der Waals surface area contributed by atoms with Crippen molar-refractivity contribution >= 4 is 23.4 Å². The second-order valence-corrected chi connectivity index (χ2v) is 7.96. The molecule has 9 heteroatoms. The van der Waals surface area contributed by atoms with Crippen molar-refractivity contribution in [2.24, 2.45) is 5.92 Å². The molecule has 1 aromatic carbocycles. The van der Waals surface area contributed by atoms with Gasteiger partial charge in [0, 0.05) is 50.1 Å². The maximum absolute atomic E-state index is 12.4. The lowest BCUT2D eigenvalue weighted by Crippen LogP contribution is -2.34. The second kappa shape index (κ2) is 9.51. The van der Waals surface area contributed by atoms with Crippen LogP contribution in [0, 0.1) is 23.0 Å². The largest absolute Gasteiger partial charge is 0.363 e. The minimum absolute atomic E-state index is 0.0254. The standard InChI is InChI=1S/C21H28N6O3/c1-14-12-16(6-9-18(14)27(29)30)20(28)23-13-15-4-7-17(8-5-15)24-21-22-11-10-19(25-21)26(2)3/h6,9-12,15,17H,4-5,7-8,13H2,1-3H3,(H,23,28)(H,22,24,25)/t15-,17+. The third kappa shape index (κ3) is 5.43. The highest BCUT2D eigenvalue weighted by Crippen LogP contribution is 2.26. The fourth-order valence-electron chi connectivity index (χ4n) is 3.70. The first kappa shape index (κ1) is 21.5. The Bertz CT molecular complexity index is 909.